The van der Waals surface area contributed by atoms with E-state index in [2.05, 4.69) is 41.3 Å². The number of carbonyl (C=O) groups is 1. The standard InChI is InChI=1S/C15H32N4O/c1-6-9-12-19(5)15(16-8-3)17-11-10-14(20)18-13(4)7-2/h13H,6-12H2,1-5H3,(H,16,17)(H,18,20). The fourth-order valence-electron chi connectivity index (χ4n) is 1.68. The van der Waals surface area contributed by atoms with Gasteiger partial charge >= 0.3 is 0 Å². The Hall–Kier alpha value is -1.26. The molecule has 1 unspecified atom stereocenters. The summed E-state index contributed by atoms with van der Waals surface area (Å²) in [5.74, 6) is 0.965. The summed E-state index contributed by atoms with van der Waals surface area (Å²) >= 11 is 0. The van der Waals surface area contributed by atoms with Crippen LogP contribution in [0.1, 0.15) is 53.4 Å². The van der Waals surface area contributed by atoms with Crippen LogP contribution in [0.25, 0.3) is 0 Å². The highest BCUT2D eigenvalue weighted by Crippen LogP contribution is 1.95. The van der Waals surface area contributed by atoms with E-state index in [1.165, 1.54) is 6.42 Å². The van der Waals surface area contributed by atoms with Gasteiger partial charge in [-0.05, 0) is 26.7 Å². The molecule has 0 aliphatic rings. The van der Waals surface area contributed by atoms with Gasteiger partial charge in [-0.15, -0.1) is 0 Å². The first-order chi connectivity index (χ1) is 9.54. The Labute approximate surface area is 124 Å². The van der Waals surface area contributed by atoms with Gasteiger partial charge in [0.15, 0.2) is 5.96 Å². The van der Waals surface area contributed by atoms with Gasteiger partial charge in [-0.25, -0.2) is 0 Å². The van der Waals surface area contributed by atoms with Gasteiger partial charge in [0, 0.05) is 32.6 Å². The topological polar surface area (TPSA) is 56.7 Å². The molecule has 2 N–H and O–H groups in total. The number of nitrogens with one attached hydrogen (secondary N) is 2. The summed E-state index contributed by atoms with van der Waals surface area (Å²) in [4.78, 5) is 18.3. The van der Waals surface area contributed by atoms with Crippen LogP contribution in [0.2, 0.25) is 0 Å². The Balaban J connectivity index is 4.22. The van der Waals surface area contributed by atoms with E-state index in [0.29, 0.717) is 13.0 Å². The highest BCUT2D eigenvalue weighted by Gasteiger charge is 2.07. The largest absolute Gasteiger partial charge is 0.357 e. The van der Waals surface area contributed by atoms with Crippen molar-refractivity contribution in [3.8, 4) is 0 Å². The number of hydrogen-bond donors (Lipinski definition) is 2. The van der Waals surface area contributed by atoms with Crippen LogP contribution in [-0.4, -0.2) is 49.5 Å². The van der Waals surface area contributed by atoms with Crippen LogP contribution < -0.4 is 10.6 Å². The van der Waals surface area contributed by atoms with E-state index in [1.54, 1.807) is 0 Å². The quantitative estimate of drug-likeness (QED) is 0.503. The molecule has 118 valence electrons. The van der Waals surface area contributed by atoms with E-state index in [9.17, 15) is 4.79 Å². The molecule has 0 spiro atoms. The number of rotatable bonds is 9. The van der Waals surface area contributed by atoms with E-state index < -0.39 is 0 Å². The Morgan fingerprint density at radius 2 is 2.00 bits per heavy atom. The summed E-state index contributed by atoms with van der Waals surface area (Å²) in [5, 5.41) is 6.22. The predicted octanol–water partition coefficient (Wildman–Crippen LogP) is 1.99. The molecule has 0 aliphatic heterocycles. The van der Waals surface area contributed by atoms with Crippen molar-refractivity contribution in [3.05, 3.63) is 0 Å². The van der Waals surface area contributed by atoms with Gasteiger partial charge in [-0.2, -0.15) is 0 Å². The van der Waals surface area contributed by atoms with Crippen LogP contribution in [0.3, 0.4) is 0 Å². The number of aliphatic imine (C=N–C) groups is 1. The van der Waals surface area contributed by atoms with Crippen LogP contribution in [0.15, 0.2) is 4.99 Å². The zero-order valence-corrected chi connectivity index (χ0v) is 13.8. The maximum atomic E-state index is 11.7. The third-order valence-electron chi connectivity index (χ3n) is 3.16. The van der Waals surface area contributed by atoms with Gasteiger partial charge in [0.25, 0.3) is 0 Å². The molecule has 1 amide bonds. The molecular formula is C15H32N4O. The molecule has 0 aromatic carbocycles. The van der Waals surface area contributed by atoms with Crippen molar-refractivity contribution < 1.29 is 4.79 Å². The van der Waals surface area contributed by atoms with E-state index in [4.69, 9.17) is 0 Å². The fourth-order valence-corrected chi connectivity index (χ4v) is 1.68. The second-order valence-corrected chi connectivity index (χ2v) is 5.14. The molecule has 0 aromatic heterocycles. The van der Waals surface area contributed by atoms with E-state index in [1.807, 2.05) is 14.0 Å². The molecule has 0 aromatic rings. The molecule has 0 rings (SSSR count). The van der Waals surface area contributed by atoms with E-state index >= 15 is 0 Å². The number of hydrogen-bond acceptors (Lipinski definition) is 2. The summed E-state index contributed by atoms with van der Waals surface area (Å²) in [7, 11) is 2.04. The third-order valence-corrected chi connectivity index (χ3v) is 3.16. The van der Waals surface area contributed by atoms with Crippen molar-refractivity contribution in [2.24, 2.45) is 4.99 Å². The van der Waals surface area contributed by atoms with E-state index in [0.717, 1.165) is 31.9 Å². The number of guanidine groups is 1. The number of amides is 1. The van der Waals surface area contributed by atoms with Gasteiger partial charge in [0.2, 0.25) is 5.91 Å². The van der Waals surface area contributed by atoms with Crippen molar-refractivity contribution in [2.45, 2.75) is 59.4 Å². The lowest BCUT2D eigenvalue weighted by Gasteiger charge is -2.21. The summed E-state index contributed by atoms with van der Waals surface area (Å²) in [6.45, 7) is 10.7. The highest BCUT2D eigenvalue weighted by molar-refractivity contribution is 5.80. The van der Waals surface area contributed by atoms with Crippen LogP contribution in [0, 0.1) is 0 Å². The molecule has 0 bridgehead atoms. The molecule has 0 saturated heterocycles. The number of unbranched alkanes of at least 4 members (excludes halogenated alkanes) is 1. The zero-order chi connectivity index (χ0) is 15.4. The first-order valence-electron chi connectivity index (χ1n) is 7.83. The minimum Gasteiger partial charge on any atom is -0.357 e. The Kier molecular flexibility index (Phi) is 10.8. The third kappa shape index (κ3) is 8.77. The lowest BCUT2D eigenvalue weighted by molar-refractivity contribution is -0.121. The van der Waals surface area contributed by atoms with Gasteiger partial charge in [-0.3, -0.25) is 9.79 Å². The first kappa shape index (κ1) is 18.7. The van der Waals surface area contributed by atoms with Crippen molar-refractivity contribution in [3.63, 3.8) is 0 Å². The van der Waals surface area contributed by atoms with Gasteiger partial charge in [0.05, 0.1) is 6.54 Å². The first-order valence-corrected chi connectivity index (χ1v) is 7.83. The van der Waals surface area contributed by atoms with Crippen molar-refractivity contribution in [1.82, 2.24) is 15.5 Å². The lowest BCUT2D eigenvalue weighted by Crippen LogP contribution is -2.39. The zero-order valence-electron chi connectivity index (χ0n) is 13.8. The van der Waals surface area contributed by atoms with Crippen molar-refractivity contribution >= 4 is 11.9 Å². The number of nitrogens with zero attached hydrogens (tertiary/aromatic N) is 2. The van der Waals surface area contributed by atoms with Crippen LogP contribution in [0.5, 0.6) is 0 Å². The van der Waals surface area contributed by atoms with Gasteiger partial charge < -0.3 is 15.5 Å². The molecule has 0 fully saturated rings. The maximum absolute atomic E-state index is 11.7. The monoisotopic (exact) mass is 284 g/mol. The van der Waals surface area contributed by atoms with Gasteiger partial charge in [-0.1, -0.05) is 20.3 Å². The second-order valence-electron chi connectivity index (χ2n) is 5.14. The molecule has 0 radical (unpaired) electrons. The lowest BCUT2D eigenvalue weighted by atomic mass is 10.2. The predicted molar refractivity (Wildman–Crippen MR) is 86.0 cm³/mol. The average Bonchev–Trinajstić information content (AvgIpc) is 2.43. The maximum Gasteiger partial charge on any atom is 0.222 e. The average molecular weight is 284 g/mol. The molecule has 0 heterocycles. The fraction of sp³-hybridized carbons (Fsp3) is 0.867. The molecule has 0 aliphatic carbocycles. The van der Waals surface area contributed by atoms with Gasteiger partial charge in [0.1, 0.15) is 0 Å². The normalized spacial score (nSPS) is 12.9. The molecule has 0 saturated carbocycles. The van der Waals surface area contributed by atoms with Crippen LogP contribution in [-0.2, 0) is 4.79 Å². The Morgan fingerprint density at radius 1 is 1.30 bits per heavy atom. The summed E-state index contributed by atoms with van der Waals surface area (Å²) in [6, 6.07) is 0.243. The minimum absolute atomic E-state index is 0.0789. The molecule has 20 heavy (non-hydrogen) atoms. The van der Waals surface area contributed by atoms with Crippen molar-refractivity contribution in [1.29, 1.82) is 0 Å². The number of carbonyl (C=O) groups excluding carboxylic acids is 1. The summed E-state index contributed by atoms with van der Waals surface area (Å²) < 4.78 is 0. The Morgan fingerprint density at radius 3 is 2.55 bits per heavy atom. The van der Waals surface area contributed by atoms with Crippen LogP contribution >= 0.6 is 0 Å². The highest BCUT2D eigenvalue weighted by atomic mass is 16.1. The molecule has 5 nitrogen and oxygen atoms in total. The minimum atomic E-state index is 0.0789. The second kappa shape index (κ2) is 11.6. The SMILES string of the molecule is CCCCN(C)C(=NCCC(=O)NC(C)CC)NCC. The van der Waals surface area contributed by atoms with Crippen molar-refractivity contribution in [2.75, 3.05) is 26.7 Å². The summed E-state index contributed by atoms with van der Waals surface area (Å²) in [6.07, 6.45) is 3.72. The van der Waals surface area contributed by atoms with Crippen LogP contribution in [0.4, 0.5) is 0 Å². The smallest absolute Gasteiger partial charge is 0.222 e. The summed E-state index contributed by atoms with van der Waals surface area (Å²) in [5.41, 5.74) is 0. The Bertz CT molecular complexity index is 292. The molecule has 5 heteroatoms. The molecular weight excluding hydrogens is 252 g/mol. The molecule has 1 atom stereocenters. The van der Waals surface area contributed by atoms with E-state index in [-0.39, 0.29) is 11.9 Å².